The van der Waals surface area contributed by atoms with Crippen LogP contribution >= 0.6 is 23.2 Å². The second kappa shape index (κ2) is 8.02. The molecule has 0 fully saturated rings. The molecule has 1 unspecified atom stereocenters. The van der Waals surface area contributed by atoms with Gasteiger partial charge in [0.15, 0.2) is 0 Å². The zero-order chi connectivity index (χ0) is 17.0. The number of rotatable bonds is 5. The monoisotopic (exact) mass is 355 g/mol. The maximum absolute atomic E-state index is 12.0. The average Bonchev–Trinajstić information content (AvgIpc) is 2.82. The minimum atomic E-state index is 0.0345. The first-order chi connectivity index (χ1) is 10.9. The molecule has 0 aliphatic carbocycles. The van der Waals surface area contributed by atoms with Gasteiger partial charge in [0, 0.05) is 12.3 Å². The lowest BCUT2D eigenvalue weighted by molar-refractivity contribution is -0.119. The first kappa shape index (κ1) is 18.1. The zero-order valence-electron chi connectivity index (χ0n) is 13.8. The highest BCUT2D eigenvalue weighted by atomic mass is 35.5. The van der Waals surface area contributed by atoms with E-state index in [9.17, 15) is 4.79 Å². The van der Waals surface area contributed by atoms with E-state index < -0.39 is 0 Å². The van der Waals surface area contributed by atoms with Crippen LogP contribution in [-0.4, -0.2) is 18.3 Å². The number of hydrogen-bond donors (Lipinski definition) is 1. The van der Waals surface area contributed by atoms with Gasteiger partial charge in [0.05, 0.1) is 22.3 Å². The van der Waals surface area contributed by atoms with Gasteiger partial charge in [-0.05, 0) is 30.5 Å². The summed E-state index contributed by atoms with van der Waals surface area (Å²) < 4.78 is 0. The molecule has 1 aromatic rings. The lowest BCUT2D eigenvalue weighted by Crippen LogP contribution is -2.33. The highest BCUT2D eigenvalue weighted by molar-refractivity contribution is 6.42. The molecule has 0 saturated heterocycles. The van der Waals surface area contributed by atoms with Crippen molar-refractivity contribution in [2.75, 3.05) is 11.6 Å². The molecular weight excluding hydrogens is 333 g/mol. The van der Waals surface area contributed by atoms with Crippen molar-refractivity contribution in [2.45, 2.75) is 40.0 Å². The van der Waals surface area contributed by atoms with E-state index in [1.165, 1.54) is 0 Å². The van der Waals surface area contributed by atoms with Crippen LogP contribution in [0.4, 0.5) is 5.69 Å². The molecule has 1 heterocycles. The fourth-order valence-corrected chi connectivity index (χ4v) is 2.74. The SMILES string of the molecule is CC(C)CCCC(=O)NC1=NN(c2ccc(Cl)c(Cl)c2)CC1C. The summed E-state index contributed by atoms with van der Waals surface area (Å²) in [6.07, 6.45) is 2.50. The summed E-state index contributed by atoms with van der Waals surface area (Å²) in [6, 6.07) is 5.41. The molecule has 0 bridgehead atoms. The molecule has 1 N–H and O–H groups in total. The Morgan fingerprint density at radius 3 is 2.78 bits per heavy atom. The number of benzene rings is 1. The molecule has 6 heteroatoms. The van der Waals surface area contributed by atoms with Crippen LogP contribution in [0.15, 0.2) is 23.3 Å². The van der Waals surface area contributed by atoms with Crippen molar-refractivity contribution in [3.63, 3.8) is 0 Å². The molecule has 1 atom stereocenters. The Balaban J connectivity index is 1.96. The van der Waals surface area contributed by atoms with Gasteiger partial charge < -0.3 is 5.32 Å². The fraction of sp³-hybridized carbons (Fsp3) is 0.529. The van der Waals surface area contributed by atoms with Gasteiger partial charge in [-0.25, -0.2) is 0 Å². The van der Waals surface area contributed by atoms with E-state index >= 15 is 0 Å². The van der Waals surface area contributed by atoms with Crippen molar-refractivity contribution >= 4 is 40.6 Å². The van der Waals surface area contributed by atoms with Gasteiger partial charge >= 0.3 is 0 Å². The van der Waals surface area contributed by atoms with Gasteiger partial charge in [0.25, 0.3) is 0 Å². The van der Waals surface area contributed by atoms with E-state index in [0.29, 0.717) is 34.8 Å². The molecule has 0 spiro atoms. The van der Waals surface area contributed by atoms with E-state index in [-0.39, 0.29) is 11.8 Å². The maximum Gasteiger partial charge on any atom is 0.225 e. The number of amides is 1. The first-order valence-electron chi connectivity index (χ1n) is 7.97. The topological polar surface area (TPSA) is 44.7 Å². The van der Waals surface area contributed by atoms with Gasteiger partial charge in [-0.2, -0.15) is 5.10 Å². The van der Waals surface area contributed by atoms with Crippen LogP contribution in [0, 0.1) is 11.8 Å². The second-order valence-corrected chi connectivity index (χ2v) is 7.22. The van der Waals surface area contributed by atoms with E-state index in [1.807, 2.05) is 18.0 Å². The molecule has 1 aliphatic rings. The van der Waals surface area contributed by atoms with Gasteiger partial charge in [0.1, 0.15) is 5.84 Å². The summed E-state index contributed by atoms with van der Waals surface area (Å²) in [6.45, 7) is 7.08. The van der Waals surface area contributed by atoms with Crippen molar-refractivity contribution in [3.8, 4) is 0 Å². The third-order valence-corrected chi connectivity index (χ3v) is 4.54. The van der Waals surface area contributed by atoms with Crippen LogP contribution in [0.2, 0.25) is 10.0 Å². The van der Waals surface area contributed by atoms with Crippen LogP contribution in [0.3, 0.4) is 0 Å². The molecule has 4 nitrogen and oxygen atoms in total. The third-order valence-electron chi connectivity index (χ3n) is 3.80. The molecule has 2 rings (SSSR count). The number of anilines is 1. The molecule has 126 valence electrons. The summed E-state index contributed by atoms with van der Waals surface area (Å²) in [4.78, 5) is 12.0. The number of hydrogen-bond acceptors (Lipinski definition) is 3. The Kier molecular flexibility index (Phi) is 6.31. The summed E-state index contributed by atoms with van der Waals surface area (Å²) in [5, 5.41) is 10.3. The summed E-state index contributed by atoms with van der Waals surface area (Å²) in [5.41, 5.74) is 0.871. The number of halogens is 2. The average molecular weight is 356 g/mol. The number of nitrogens with one attached hydrogen (secondary N) is 1. The fourth-order valence-electron chi connectivity index (χ4n) is 2.45. The molecule has 1 aliphatic heterocycles. The molecule has 1 aromatic carbocycles. The van der Waals surface area contributed by atoms with Crippen LogP contribution < -0.4 is 10.3 Å². The van der Waals surface area contributed by atoms with Crippen molar-refractivity contribution < 1.29 is 4.79 Å². The minimum absolute atomic E-state index is 0.0345. The van der Waals surface area contributed by atoms with Gasteiger partial charge in [-0.15, -0.1) is 0 Å². The van der Waals surface area contributed by atoms with E-state index in [1.54, 1.807) is 12.1 Å². The second-order valence-electron chi connectivity index (χ2n) is 6.40. The Hall–Kier alpha value is -1.26. The summed E-state index contributed by atoms with van der Waals surface area (Å²) >= 11 is 12.0. The Bertz CT molecular complexity index is 602. The molecule has 23 heavy (non-hydrogen) atoms. The minimum Gasteiger partial charge on any atom is -0.312 e. The van der Waals surface area contributed by atoms with Gasteiger partial charge in [-0.1, -0.05) is 50.4 Å². The largest absolute Gasteiger partial charge is 0.312 e. The lowest BCUT2D eigenvalue weighted by atomic mass is 10.1. The van der Waals surface area contributed by atoms with Gasteiger partial charge in [-0.3, -0.25) is 9.80 Å². The quantitative estimate of drug-likeness (QED) is 0.831. The first-order valence-corrected chi connectivity index (χ1v) is 8.73. The highest BCUT2D eigenvalue weighted by Crippen LogP contribution is 2.29. The van der Waals surface area contributed by atoms with Crippen LogP contribution in [-0.2, 0) is 4.79 Å². The lowest BCUT2D eigenvalue weighted by Gasteiger charge is -2.14. The number of hydrazone groups is 1. The molecule has 1 amide bonds. The number of nitrogens with zero attached hydrogens (tertiary/aromatic N) is 2. The normalized spacial score (nSPS) is 17.6. The predicted octanol–water partition coefficient (Wildman–Crippen LogP) is 4.71. The molecule has 0 aromatic heterocycles. The molecule has 0 radical (unpaired) electrons. The Morgan fingerprint density at radius 2 is 2.13 bits per heavy atom. The van der Waals surface area contributed by atoms with E-state index in [0.717, 1.165) is 18.5 Å². The number of amidine groups is 1. The summed E-state index contributed by atoms with van der Waals surface area (Å²) in [5.74, 6) is 1.53. The van der Waals surface area contributed by atoms with Crippen molar-refractivity contribution in [3.05, 3.63) is 28.2 Å². The van der Waals surface area contributed by atoms with Crippen molar-refractivity contribution in [1.82, 2.24) is 5.32 Å². The van der Waals surface area contributed by atoms with E-state index in [2.05, 4.69) is 24.3 Å². The van der Waals surface area contributed by atoms with Crippen LogP contribution in [0.25, 0.3) is 0 Å². The Labute approximate surface area is 147 Å². The van der Waals surface area contributed by atoms with Crippen LogP contribution in [0.1, 0.15) is 40.0 Å². The number of carbonyl (C=O) groups is 1. The van der Waals surface area contributed by atoms with Crippen LogP contribution in [0.5, 0.6) is 0 Å². The standard InChI is InChI=1S/C17H23Cl2N3O/c1-11(2)5-4-6-16(23)20-17-12(3)10-22(21-17)13-7-8-14(18)15(19)9-13/h7-9,11-12H,4-6,10H2,1-3H3,(H,20,21,23). The van der Waals surface area contributed by atoms with Crippen molar-refractivity contribution in [1.29, 1.82) is 0 Å². The smallest absolute Gasteiger partial charge is 0.225 e. The Morgan fingerprint density at radius 1 is 1.39 bits per heavy atom. The third kappa shape index (κ3) is 5.11. The predicted molar refractivity (Wildman–Crippen MR) is 97.2 cm³/mol. The van der Waals surface area contributed by atoms with Crippen molar-refractivity contribution in [2.24, 2.45) is 16.9 Å². The maximum atomic E-state index is 12.0. The highest BCUT2D eigenvalue weighted by Gasteiger charge is 2.25. The van der Waals surface area contributed by atoms with E-state index in [4.69, 9.17) is 23.2 Å². The van der Waals surface area contributed by atoms with Gasteiger partial charge in [0.2, 0.25) is 5.91 Å². The molecular formula is C17H23Cl2N3O. The zero-order valence-corrected chi connectivity index (χ0v) is 15.3. The molecule has 0 saturated carbocycles. The number of carbonyl (C=O) groups excluding carboxylic acids is 1. The summed E-state index contributed by atoms with van der Waals surface area (Å²) in [7, 11) is 0.